The molecule has 1 aliphatic rings. The Morgan fingerprint density at radius 3 is 2.26 bits per heavy atom. The molecule has 1 rings (SSSR count). The highest BCUT2D eigenvalue weighted by molar-refractivity contribution is 5.75. The molecule has 1 fully saturated rings. The van der Waals surface area contributed by atoms with E-state index >= 15 is 0 Å². The van der Waals surface area contributed by atoms with Crippen molar-refractivity contribution in [2.75, 3.05) is 0 Å². The average Bonchev–Trinajstić information content (AvgIpc) is 2.28. The minimum Gasteiger partial charge on any atom is -0.481 e. The van der Waals surface area contributed by atoms with Crippen molar-refractivity contribution in [1.29, 1.82) is 0 Å². The third-order valence-corrected chi connectivity index (χ3v) is 3.74. The van der Waals surface area contributed by atoms with E-state index in [4.69, 9.17) is 5.11 Å². The molecule has 0 aliphatic heterocycles. The summed E-state index contributed by atoms with van der Waals surface area (Å²) in [6.45, 7) is 6.11. The molecule has 0 aromatic rings. The number of hydrogen-bond donors (Lipinski definition) is 3. The van der Waals surface area contributed by atoms with Gasteiger partial charge in [0.2, 0.25) is 0 Å². The van der Waals surface area contributed by atoms with Crippen LogP contribution in [0.2, 0.25) is 0 Å². The Hall–Kier alpha value is -1.26. The molecule has 1 saturated carbocycles. The average molecular weight is 270 g/mol. The maximum atomic E-state index is 11.9. The monoisotopic (exact) mass is 270 g/mol. The van der Waals surface area contributed by atoms with Gasteiger partial charge in [-0.05, 0) is 46.0 Å². The Kier molecular flexibility index (Phi) is 5.63. The molecule has 0 unspecified atom stereocenters. The second-order valence-corrected chi connectivity index (χ2v) is 6.12. The maximum Gasteiger partial charge on any atom is 0.315 e. The summed E-state index contributed by atoms with van der Waals surface area (Å²) in [5.74, 6) is -0.954. The Morgan fingerprint density at radius 2 is 1.79 bits per heavy atom. The van der Waals surface area contributed by atoms with Crippen LogP contribution in [0.5, 0.6) is 0 Å². The summed E-state index contributed by atoms with van der Waals surface area (Å²) in [5, 5.41) is 14.8. The van der Waals surface area contributed by atoms with Crippen LogP contribution in [0, 0.1) is 5.92 Å². The highest BCUT2D eigenvalue weighted by Crippen LogP contribution is 2.24. The van der Waals surface area contributed by atoms with Crippen molar-refractivity contribution in [3.8, 4) is 0 Å². The summed E-state index contributed by atoms with van der Waals surface area (Å²) < 4.78 is 0. The Balaban J connectivity index is 2.33. The number of carboxylic acids is 1. The molecular formula is C14H26N2O3. The lowest BCUT2D eigenvalue weighted by Gasteiger charge is -2.30. The number of aliphatic carboxylic acids is 1. The molecule has 110 valence electrons. The zero-order chi connectivity index (χ0) is 14.5. The van der Waals surface area contributed by atoms with Crippen LogP contribution in [0.15, 0.2) is 0 Å². The van der Waals surface area contributed by atoms with Crippen LogP contribution in [0.4, 0.5) is 4.79 Å². The third kappa shape index (κ3) is 5.49. The van der Waals surface area contributed by atoms with Gasteiger partial charge in [-0.3, -0.25) is 4.79 Å². The van der Waals surface area contributed by atoms with Gasteiger partial charge in [-0.2, -0.15) is 0 Å². The zero-order valence-corrected chi connectivity index (χ0v) is 12.2. The number of hydrogen-bond acceptors (Lipinski definition) is 2. The van der Waals surface area contributed by atoms with E-state index in [1.165, 1.54) is 0 Å². The fourth-order valence-corrected chi connectivity index (χ4v) is 2.70. The van der Waals surface area contributed by atoms with Crippen LogP contribution in [-0.2, 0) is 4.79 Å². The van der Waals surface area contributed by atoms with Crippen LogP contribution in [-0.4, -0.2) is 28.7 Å². The Labute approximate surface area is 115 Å². The fourth-order valence-electron chi connectivity index (χ4n) is 2.70. The third-order valence-electron chi connectivity index (χ3n) is 3.74. The minimum atomic E-state index is -0.716. The number of carbonyl (C=O) groups is 2. The number of carbonyl (C=O) groups excluding carboxylic acids is 1. The second kappa shape index (κ2) is 6.78. The lowest BCUT2D eigenvalue weighted by atomic mass is 9.86. The van der Waals surface area contributed by atoms with Crippen molar-refractivity contribution in [3.05, 3.63) is 0 Å². The van der Waals surface area contributed by atoms with Gasteiger partial charge in [0.15, 0.2) is 0 Å². The van der Waals surface area contributed by atoms with E-state index in [-0.39, 0.29) is 23.5 Å². The molecule has 5 nitrogen and oxygen atoms in total. The molecule has 0 spiro atoms. The van der Waals surface area contributed by atoms with E-state index in [1.54, 1.807) is 0 Å². The molecule has 0 aromatic heterocycles. The van der Waals surface area contributed by atoms with E-state index < -0.39 is 5.97 Å². The predicted molar refractivity (Wildman–Crippen MR) is 74.0 cm³/mol. The van der Waals surface area contributed by atoms with Crippen molar-refractivity contribution >= 4 is 12.0 Å². The summed E-state index contributed by atoms with van der Waals surface area (Å²) in [5.41, 5.74) is -0.197. The van der Waals surface area contributed by atoms with Gasteiger partial charge in [-0.25, -0.2) is 4.79 Å². The first-order chi connectivity index (χ1) is 8.84. The highest BCUT2D eigenvalue weighted by atomic mass is 16.4. The normalized spacial score (nSPS) is 23.7. The first-order valence-electron chi connectivity index (χ1n) is 7.15. The minimum absolute atomic E-state index is 0.105. The SMILES string of the molecule is CCCC(C)(C)NC(=O)NC1CCC(C(=O)O)CC1. The van der Waals surface area contributed by atoms with Gasteiger partial charge >= 0.3 is 12.0 Å². The van der Waals surface area contributed by atoms with Crippen molar-refractivity contribution in [2.24, 2.45) is 5.92 Å². The lowest BCUT2D eigenvalue weighted by molar-refractivity contribution is -0.142. The van der Waals surface area contributed by atoms with Crippen LogP contribution in [0.3, 0.4) is 0 Å². The van der Waals surface area contributed by atoms with Crippen LogP contribution >= 0.6 is 0 Å². The van der Waals surface area contributed by atoms with E-state index in [9.17, 15) is 9.59 Å². The van der Waals surface area contributed by atoms with Crippen LogP contribution < -0.4 is 10.6 Å². The van der Waals surface area contributed by atoms with Crippen molar-refractivity contribution in [2.45, 2.75) is 70.9 Å². The number of carboxylic acid groups (broad SMARTS) is 1. The van der Waals surface area contributed by atoms with E-state index in [2.05, 4.69) is 17.6 Å². The summed E-state index contributed by atoms with van der Waals surface area (Å²) in [4.78, 5) is 22.7. The van der Waals surface area contributed by atoms with Gasteiger partial charge in [0.1, 0.15) is 0 Å². The predicted octanol–water partition coefficient (Wildman–Crippen LogP) is 2.51. The van der Waals surface area contributed by atoms with E-state index in [0.717, 1.165) is 25.7 Å². The summed E-state index contributed by atoms with van der Waals surface area (Å²) in [6, 6.07) is -0.0368. The van der Waals surface area contributed by atoms with Crippen molar-refractivity contribution in [1.82, 2.24) is 10.6 Å². The molecule has 19 heavy (non-hydrogen) atoms. The maximum absolute atomic E-state index is 11.9. The molecule has 0 bridgehead atoms. The number of rotatable bonds is 5. The van der Waals surface area contributed by atoms with Crippen LogP contribution in [0.25, 0.3) is 0 Å². The molecular weight excluding hydrogens is 244 g/mol. The Bertz CT molecular complexity index is 321. The van der Waals surface area contributed by atoms with Gasteiger partial charge in [-0.15, -0.1) is 0 Å². The van der Waals surface area contributed by atoms with Crippen LogP contribution in [0.1, 0.15) is 59.3 Å². The summed E-state index contributed by atoms with van der Waals surface area (Å²) >= 11 is 0. The molecule has 0 radical (unpaired) electrons. The lowest BCUT2D eigenvalue weighted by Crippen LogP contribution is -2.51. The van der Waals surface area contributed by atoms with Gasteiger partial charge in [-0.1, -0.05) is 13.3 Å². The molecule has 0 heterocycles. The number of urea groups is 1. The molecule has 2 amide bonds. The Morgan fingerprint density at radius 1 is 1.21 bits per heavy atom. The van der Waals surface area contributed by atoms with Gasteiger partial charge in [0.25, 0.3) is 0 Å². The standard InChI is InChI=1S/C14H26N2O3/c1-4-9-14(2,3)16-13(19)15-11-7-5-10(6-8-11)12(17)18/h10-11H,4-9H2,1-3H3,(H,17,18)(H2,15,16,19). The summed E-state index contributed by atoms with van der Waals surface area (Å²) in [6.07, 6.45) is 4.76. The van der Waals surface area contributed by atoms with Crippen molar-refractivity contribution < 1.29 is 14.7 Å². The molecule has 0 atom stereocenters. The molecule has 1 aliphatic carbocycles. The second-order valence-electron chi connectivity index (χ2n) is 6.12. The molecule has 3 N–H and O–H groups in total. The van der Waals surface area contributed by atoms with E-state index in [0.29, 0.717) is 12.8 Å². The quantitative estimate of drug-likeness (QED) is 0.718. The number of amides is 2. The molecule has 0 saturated heterocycles. The van der Waals surface area contributed by atoms with Crippen molar-refractivity contribution in [3.63, 3.8) is 0 Å². The first-order valence-corrected chi connectivity index (χ1v) is 7.15. The topological polar surface area (TPSA) is 78.4 Å². The smallest absolute Gasteiger partial charge is 0.315 e. The zero-order valence-electron chi connectivity index (χ0n) is 12.2. The highest BCUT2D eigenvalue weighted by Gasteiger charge is 2.27. The van der Waals surface area contributed by atoms with Gasteiger partial charge in [0.05, 0.1) is 5.92 Å². The van der Waals surface area contributed by atoms with E-state index in [1.807, 2.05) is 13.8 Å². The fraction of sp³-hybridized carbons (Fsp3) is 0.857. The van der Waals surface area contributed by atoms with Gasteiger partial charge < -0.3 is 15.7 Å². The van der Waals surface area contributed by atoms with Gasteiger partial charge in [0, 0.05) is 11.6 Å². The first kappa shape index (κ1) is 15.8. The molecule has 0 aromatic carbocycles. The largest absolute Gasteiger partial charge is 0.481 e. The number of nitrogens with one attached hydrogen (secondary N) is 2. The molecule has 5 heteroatoms. The summed E-state index contributed by atoms with van der Waals surface area (Å²) in [7, 11) is 0.